The van der Waals surface area contributed by atoms with Crippen molar-refractivity contribution in [1.29, 1.82) is 0 Å². The Hall–Kier alpha value is -1.75. The second-order valence-electron chi connectivity index (χ2n) is 4.49. The lowest BCUT2D eigenvalue weighted by Crippen LogP contribution is -2.27. The van der Waals surface area contributed by atoms with Gasteiger partial charge in [-0.15, -0.1) is 0 Å². The number of carbonyl (C=O) groups excluding carboxylic acids is 1. The molecular formula is C16H26N2O3. The first-order valence-corrected chi connectivity index (χ1v) is 7.61. The van der Waals surface area contributed by atoms with Gasteiger partial charge in [0.25, 0.3) is 5.91 Å². The predicted molar refractivity (Wildman–Crippen MR) is 84.3 cm³/mol. The van der Waals surface area contributed by atoms with Crippen LogP contribution in [0.2, 0.25) is 0 Å². The third kappa shape index (κ3) is 6.04. The van der Waals surface area contributed by atoms with E-state index in [-0.39, 0.29) is 5.91 Å². The van der Waals surface area contributed by atoms with Crippen molar-refractivity contribution in [3.05, 3.63) is 23.8 Å². The highest BCUT2D eigenvalue weighted by atomic mass is 16.5. The summed E-state index contributed by atoms with van der Waals surface area (Å²) in [6.07, 6.45) is 0.912. The van der Waals surface area contributed by atoms with E-state index in [1.54, 1.807) is 18.2 Å². The van der Waals surface area contributed by atoms with E-state index in [0.29, 0.717) is 36.8 Å². The largest absolute Gasteiger partial charge is 0.490 e. The Balaban J connectivity index is 2.60. The third-order valence-corrected chi connectivity index (χ3v) is 2.87. The van der Waals surface area contributed by atoms with Crippen molar-refractivity contribution < 1.29 is 14.3 Å². The van der Waals surface area contributed by atoms with Crippen LogP contribution in [0.5, 0.6) is 11.5 Å². The minimum absolute atomic E-state index is 0.0875. The van der Waals surface area contributed by atoms with E-state index in [0.717, 1.165) is 19.5 Å². The number of benzene rings is 1. The lowest BCUT2D eigenvalue weighted by molar-refractivity contribution is 0.0952. The quantitative estimate of drug-likeness (QED) is 0.650. The molecule has 5 heteroatoms. The van der Waals surface area contributed by atoms with Crippen molar-refractivity contribution in [2.75, 3.05) is 32.8 Å². The van der Waals surface area contributed by atoms with Crippen molar-refractivity contribution in [3.8, 4) is 11.5 Å². The highest BCUT2D eigenvalue weighted by Crippen LogP contribution is 2.28. The summed E-state index contributed by atoms with van der Waals surface area (Å²) in [7, 11) is 0. The first-order chi connectivity index (χ1) is 10.2. The van der Waals surface area contributed by atoms with Gasteiger partial charge in [-0.2, -0.15) is 0 Å². The van der Waals surface area contributed by atoms with Crippen LogP contribution < -0.4 is 20.1 Å². The molecule has 5 nitrogen and oxygen atoms in total. The van der Waals surface area contributed by atoms with E-state index in [2.05, 4.69) is 17.6 Å². The maximum absolute atomic E-state index is 12.1. The maximum atomic E-state index is 12.1. The summed E-state index contributed by atoms with van der Waals surface area (Å²) in [5.41, 5.74) is 0.588. The predicted octanol–water partition coefficient (Wildman–Crippen LogP) is 2.21. The average Bonchev–Trinajstić information content (AvgIpc) is 2.49. The highest BCUT2D eigenvalue weighted by molar-refractivity contribution is 5.94. The number of hydrogen-bond acceptors (Lipinski definition) is 4. The summed E-state index contributed by atoms with van der Waals surface area (Å²) in [6.45, 7) is 9.50. The maximum Gasteiger partial charge on any atom is 0.251 e. The topological polar surface area (TPSA) is 59.6 Å². The van der Waals surface area contributed by atoms with Crippen LogP contribution in [0.1, 0.15) is 37.6 Å². The molecular weight excluding hydrogens is 268 g/mol. The number of amides is 1. The van der Waals surface area contributed by atoms with Crippen LogP contribution in [-0.2, 0) is 0 Å². The molecule has 0 unspecified atom stereocenters. The van der Waals surface area contributed by atoms with E-state index in [4.69, 9.17) is 9.47 Å². The molecule has 0 spiro atoms. The molecule has 0 aliphatic heterocycles. The molecule has 0 heterocycles. The molecule has 0 aliphatic rings. The average molecular weight is 294 g/mol. The van der Waals surface area contributed by atoms with Crippen molar-refractivity contribution in [1.82, 2.24) is 10.6 Å². The minimum atomic E-state index is -0.0875. The number of nitrogens with one attached hydrogen (secondary N) is 2. The Bertz CT molecular complexity index is 436. The van der Waals surface area contributed by atoms with Gasteiger partial charge in [-0.05, 0) is 51.6 Å². The molecule has 0 saturated heterocycles. The standard InChI is InChI=1S/C16H26N2O3/c1-4-17-10-7-11-18-16(19)13-8-9-14(20-5-2)15(12-13)21-6-3/h8-9,12,17H,4-7,10-11H2,1-3H3,(H,18,19). The number of carbonyl (C=O) groups is 1. The van der Waals surface area contributed by atoms with Crippen molar-refractivity contribution in [3.63, 3.8) is 0 Å². The van der Waals surface area contributed by atoms with Crippen molar-refractivity contribution >= 4 is 5.91 Å². The number of rotatable bonds is 10. The van der Waals surface area contributed by atoms with Gasteiger partial charge in [0.1, 0.15) is 0 Å². The Labute approximate surface area is 127 Å². The third-order valence-electron chi connectivity index (χ3n) is 2.87. The van der Waals surface area contributed by atoms with Crippen LogP contribution in [0, 0.1) is 0 Å². The van der Waals surface area contributed by atoms with Gasteiger partial charge < -0.3 is 20.1 Å². The van der Waals surface area contributed by atoms with Crippen LogP contribution in [0.3, 0.4) is 0 Å². The van der Waals surface area contributed by atoms with Gasteiger partial charge in [-0.3, -0.25) is 4.79 Å². The zero-order valence-corrected chi connectivity index (χ0v) is 13.2. The van der Waals surface area contributed by atoms with Gasteiger partial charge in [0, 0.05) is 12.1 Å². The minimum Gasteiger partial charge on any atom is -0.490 e. The summed E-state index contributed by atoms with van der Waals surface area (Å²) in [5, 5.41) is 6.12. The summed E-state index contributed by atoms with van der Waals surface area (Å²) in [5.74, 6) is 1.19. The molecule has 118 valence electrons. The van der Waals surface area contributed by atoms with E-state index in [1.165, 1.54) is 0 Å². The highest BCUT2D eigenvalue weighted by Gasteiger charge is 2.11. The number of ether oxygens (including phenoxy) is 2. The Kier molecular flexibility index (Phi) is 8.28. The lowest BCUT2D eigenvalue weighted by Gasteiger charge is -2.12. The summed E-state index contributed by atoms with van der Waals surface area (Å²) in [6, 6.07) is 5.27. The Morgan fingerprint density at radius 2 is 1.76 bits per heavy atom. The zero-order valence-electron chi connectivity index (χ0n) is 13.2. The summed E-state index contributed by atoms with van der Waals surface area (Å²) >= 11 is 0. The van der Waals surface area contributed by atoms with Crippen LogP contribution in [0.15, 0.2) is 18.2 Å². The SMILES string of the molecule is CCNCCCNC(=O)c1ccc(OCC)c(OCC)c1. The van der Waals surface area contributed by atoms with E-state index >= 15 is 0 Å². The molecule has 1 rings (SSSR count). The molecule has 0 fully saturated rings. The van der Waals surface area contributed by atoms with Gasteiger partial charge in [-0.1, -0.05) is 6.92 Å². The van der Waals surface area contributed by atoms with Gasteiger partial charge in [-0.25, -0.2) is 0 Å². The second-order valence-corrected chi connectivity index (χ2v) is 4.49. The van der Waals surface area contributed by atoms with Crippen molar-refractivity contribution in [2.24, 2.45) is 0 Å². The fourth-order valence-corrected chi connectivity index (χ4v) is 1.89. The monoisotopic (exact) mass is 294 g/mol. The fourth-order valence-electron chi connectivity index (χ4n) is 1.89. The molecule has 0 aliphatic carbocycles. The fraction of sp³-hybridized carbons (Fsp3) is 0.562. The van der Waals surface area contributed by atoms with Gasteiger partial charge in [0.2, 0.25) is 0 Å². The molecule has 0 radical (unpaired) electrons. The van der Waals surface area contributed by atoms with E-state index < -0.39 is 0 Å². The van der Waals surface area contributed by atoms with Gasteiger partial charge in [0.15, 0.2) is 11.5 Å². The van der Waals surface area contributed by atoms with Crippen LogP contribution in [-0.4, -0.2) is 38.8 Å². The Morgan fingerprint density at radius 3 is 2.43 bits per heavy atom. The molecule has 0 bridgehead atoms. The van der Waals surface area contributed by atoms with Gasteiger partial charge >= 0.3 is 0 Å². The normalized spacial score (nSPS) is 10.2. The zero-order chi connectivity index (χ0) is 15.5. The molecule has 1 aromatic carbocycles. The van der Waals surface area contributed by atoms with Crippen LogP contribution in [0.25, 0.3) is 0 Å². The molecule has 21 heavy (non-hydrogen) atoms. The first-order valence-electron chi connectivity index (χ1n) is 7.61. The Morgan fingerprint density at radius 1 is 1.05 bits per heavy atom. The summed E-state index contributed by atoms with van der Waals surface area (Å²) in [4.78, 5) is 12.1. The van der Waals surface area contributed by atoms with E-state index in [1.807, 2.05) is 13.8 Å². The smallest absolute Gasteiger partial charge is 0.251 e. The van der Waals surface area contributed by atoms with Crippen LogP contribution in [0.4, 0.5) is 0 Å². The molecule has 1 aromatic rings. The van der Waals surface area contributed by atoms with Gasteiger partial charge in [0.05, 0.1) is 13.2 Å². The first kappa shape index (κ1) is 17.3. The lowest BCUT2D eigenvalue weighted by atomic mass is 10.2. The second kappa shape index (κ2) is 10.0. The number of hydrogen-bond donors (Lipinski definition) is 2. The molecule has 0 atom stereocenters. The van der Waals surface area contributed by atoms with Crippen molar-refractivity contribution in [2.45, 2.75) is 27.2 Å². The molecule has 1 amide bonds. The molecule has 0 aromatic heterocycles. The summed E-state index contributed by atoms with van der Waals surface area (Å²) < 4.78 is 11.0. The van der Waals surface area contributed by atoms with E-state index in [9.17, 15) is 4.79 Å². The molecule has 0 saturated carbocycles. The van der Waals surface area contributed by atoms with Crippen LogP contribution >= 0.6 is 0 Å². The molecule has 2 N–H and O–H groups in total.